The van der Waals surface area contributed by atoms with Gasteiger partial charge in [-0.2, -0.15) is 0 Å². The number of carboxylic acid groups (broad SMARTS) is 1. The first-order valence-electron chi connectivity index (χ1n) is 4.43. The van der Waals surface area contributed by atoms with Crippen LogP contribution in [-0.2, 0) is 19.6 Å². The summed E-state index contributed by atoms with van der Waals surface area (Å²) in [5, 5.41) is 10.7. The number of carbonyl (C=O) groups is 2. The predicted molar refractivity (Wildman–Crippen MR) is 58.7 cm³/mol. The van der Waals surface area contributed by atoms with E-state index in [-0.39, 0.29) is 5.76 Å². The van der Waals surface area contributed by atoms with E-state index in [1.54, 1.807) is 0 Å². The summed E-state index contributed by atoms with van der Waals surface area (Å²) in [5.74, 6) is -1.30. The van der Waals surface area contributed by atoms with E-state index in [0.717, 1.165) is 6.26 Å². The second-order valence-electron chi connectivity index (χ2n) is 3.25. The Kier molecular flexibility index (Phi) is 5.62. The molecule has 0 aliphatic rings. The highest BCUT2D eigenvalue weighted by Crippen LogP contribution is 1.93. The molecule has 17 heavy (non-hydrogen) atoms. The number of rotatable bonds is 6. The molecule has 3 N–H and O–H groups in total. The maximum atomic E-state index is 11.1. The number of carbonyl (C=O) groups excluding carboxylic acids is 1. The molecule has 8 nitrogen and oxygen atoms in total. The zero-order valence-electron chi connectivity index (χ0n) is 9.39. The Balaban J connectivity index is 4.40. The van der Waals surface area contributed by atoms with E-state index in [1.807, 2.05) is 10.0 Å². The van der Waals surface area contributed by atoms with Gasteiger partial charge in [-0.25, -0.2) is 22.7 Å². The molecule has 0 aromatic carbocycles. The van der Waals surface area contributed by atoms with Gasteiger partial charge in [-0.3, -0.25) is 0 Å². The van der Waals surface area contributed by atoms with E-state index in [2.05, 4.69) is 11.3 Å². The number of hydrogen-bond donors (Lipinski definition) is 3. The van der Waals surface area contributed by atoms with Crippen LogP contribution in [0.3, 0.4) is 0 Å². The van der Waals surface area contributed by atoms with Gasteiger partial charge >= 0.3 is 12.1 Å². The predicted octanol–water partition coefficient (Wildman–Crippen LogP) is -0.751. The van der Waals surface area contributed by atoms with Crippen molar-refractivity contribution in [2.45, 2.75) is 13.0 Å². The molecule has 0 radical (unpaired) electrons. The zero-order valence-corrected chi connectivity index (χ0v) is 10.2. The fourth-order valence-electron chi connectivity index (χ4n) is 0.765. The Morgan fingerprint density at radius 2 is 2.00 bits per heavy atom. The van der Waals surface area contributed by atoms with Gasteiger partial charge in [0.2, 0.25) is 10.0 Å². The molecule has 0 rings (SSSR count). The van der Waals surface area contributed by atoms with Crippen molar-refractivity contribution >= 4 is 22.1 Å². The third-order valence-electron chi connectivity index (χ3n) is 1.41. The van der Waals surface area contributed by atoms with Crippen LogP contribution in [0.15, 0.2) is 12.3 Å². The fourth-order valence-corrected chi connectivity index (χ4v) is 1.23. The van der Waals surface area contributed by atoms with Crippen molar-refractivity contribution in [3.05, 3.63) is 12.3 Å². The normalized spacial score (nSPS) is 12.6. The fraction of sp³-hybridized carbons (Fsp3) is 0.500. The molecule has 0 saturated heterocycles. The average molecular weight is 266 g/mol. The van der Waals surface area contributed by atoms with E-state index in [9.17, 15) is 18.0 Å². The highest BCUT2D eigenvalue weighted by molar-refractivity contribution is 7.88. The first kappa shape index (κ1) is 15.4. The molecule has 1 amide bonds. The van der Waals surface area contributed by atoms with Crippen LogP contribution in [0.2, 0.25) is 0 Å². The number of ether oxygens (including phenoxy) is 1. The number of carboxylic acids is 1. The van der Waals surface area contributed by atoms with Gasteiger partial charge in [0.15, 0.2) is 0 Å². The Morgan fingerprint density at radius 3 is 2.35 bits per heavy atom. The standard InChI is InChI=1S/C8H14N2O6S/c1-5(2)16-8(13)10-6(7(11)12)4-9-17(3,14)15/h6,9H,1,4H2,2-3H3,(H,10,13)(H,11,12)/t6-/m0/s1. The molecule has 0 fully saturated rings. The lowest BCUT2D eigenvalue weighted by Crippen LogP contribution is -2.48. The minimum atomic E-state index is -3.53. The van der Waals surface area contributed by atoms with Crippen LogP contribution in [0.25, 0.3) is 0 Å². The molecule has 0 aliphatic heterocycles. The lowest BCUT2D eigenvalue weighted by molar-refractivity contribution is -0.139. The Bertz CT molecular complexity index is 416. The summed E-state index contributed by atoms with van der Waals surface area (Å²) < 4.78 is 28.0. The quantitative estimate of drug-likeness (QED) is 0.544. The molecule has 98 valence electrons. The van der Waals surface area contributed by atoms with Crippen molar-refractivity contribution in [1.82, 2.24) is 10.0 Å². The van der Waals surface area contributed by atoms with Gasteiger partial charge in [-0.1, -0.05) is 6.58 Å². The number of hydrogen-bond acceptors (Lipinski definition) is 5. The topological polar surface area (TPSA) is 122 Å². The van der Waals surface area contributed by atoms with Crippen molar-refractivity contribution in [1.29, 1.82) is 0 Å². The van der Waals surface area contributed by atoms with Crippen LogP contribution in [0.4, 0.5) is 4.79 Å². The zero-order chi connectivity index (χ0) is 13.6. The van der Waals surface area contributed by atoms with E-state index in [4.69, 9.17) is 5.11 Å². The minimum absolute atomic E-state index is 0.0858. The summed E-state index contributed by atoms with van der Waals surface area (Å²) in [5.41, 5.74) is 0. The summed E-state index contributed by atoms with van der Waals surface area (Å²) in [6, 6.07) is -1.42. The van der Waals surface area contributed by atoms with Gasteiger partial charge in [-0.15, -0.1) is 0 Å². The van der Waals surface area contributed by atoms with E-state index in [0.29, 0.717) is 0 Å². The Morgan fingerprint density at radius 1 is 1.47 bits per heavy atom. The maximum absolute atomic E-state index is 11.1. The molecule has 0 aromatic rings. The summed E-state index contributed by atoms with van der Waals surface area (Å²) in [4.78, 5) is 21.8. The van der Waals surface area contributed by atoms with Gasteiger partial charge < -0.3 is 15.2 Å². The van der Waals surface area contributed by atoms with Crippen LogP contribution in [0.5, 0.6) is 0 Å². The first-order chi connectivity index (χ1) is 7.61. The summed E-state index contributed by atoms with van der Waals surface area (Å²) in [6.07, 6.45) is -0.141. The third kappa shape index (κ3) is 8.22. The van der Waals surface area contributed by atoms with Crippen LogP contribution in [0, 0.1) is 0 Å². The van der Waals surface area contributed by atoms with Crippen molar-refractivity contribution in [3.8, 4) is 0 Å². The second-order valence-corrected chi connectivity index (χ2v) is 5.08. The van der Waals surface area contributed by atoms with E-state index in [1.165, 1.54) is 6.92 Å². The molecular formula is C8H14N2O6S. The molecule has 0 spiro atoms. The maximum Gasteiger partial charge on any atom is 0.413 e. The van der Waals surface area contributed by atoms with E-state index >= 15 is 0 Å². The van der Waals surface area contributed by atoms with Gasteiger partial charge in [0.1, 0.15) is 6.04 Å². The molecule has 0 aromatic heterocycles. The second kappa shape index (κ2) is 6.21. The van der Waals surface area contributed by atoms with Crippen molar-refractivity contribution in [2.24, 2.45) is 0 Å². The lowest BCUT2D eigenvalue weighted by Gasteiger charge is -2.14. The molecule has 0 bridgehead atoms. The molecular weight excluding hydrogens is 252 g/mol. The summed E-state index contributed by atoms with van der Waals surface area (Å²) in [7, 11) is -3.53. The van der Waals surface area contributed by atoms with E-state index < -0.39 is 34.7 Å². The molecule has 0 heterocycles. The largest absolute Gasteiger partial charge is 0.480 e. The van der Waals surface area contributed by atoms with Gasteiger partial charge in [0.25, 0.3) is 0 Å². The van der Waals surface area contributed by atoms with Crippen LogP contribution in [0.1, 0.15) is 6.92 Å². The third-order valence-corrected chi connectivity index (χ3v) is 2.10. The SMILES string of the molecule is C=C(C)OC(=O)N[C@@H](CNS(C)(=O)=O)C(=O)O. The van der Waals surface area contributed by atoms with Crippen molar-refractivity contribution in [3.63, 3.8) is 0 Å². The monoisotopic (exact) mass is 266 g/mol. The highest BCUT2D eigenvalue weighted by Gasteiger charge is 2.21. The smallest absolute Gasteiger partial charge is 0.413 e. The van der Waals surface area contributed by atoms with Gasteiger partial charge in [0.05, 0.1) is 12.0 Å². The van der Waals surface area contributed by atoms with Crippen LogP contribution in [-0.4, -0.2) is 44.4 Å². The molecule has 1 atom stereocenters. The number of sulfonamides is 1. The van der Waals surface area contributed by atoms with Crippen molar-refractivity contribution < 1.29 is 27.9 Å². The molecule has 9 heteroatoms. The number of alkyl carbamates (subject to hydrolysis) is 1. The summed E-state index contributed by atoms with van der Waals surface area (Å²) in [6.45, 7) is 4.22. The number of allylic oxidation sites excluding steroid dienone is 1. The molecule has 0 unspecified atom stereocenters. The van der Waals surface area contributed by atoms with Crippen LogP contribution >= 0.6 is 0 Å². The first-order valence-corrected chi connectivity index (χ1v) is 6.32. The Labute approximate surface area is 98.7 Å². The van der Waals surface area contributed by atoms with Crippen molar-refractivity contribution in [2.75, 3.05) is 12.8 Å². The number of nitrogens with one attached hydrogen (secondary N) is 2. The van der Waals surface area contributed by atoms with Gasteiger partial charge in [-0.05, 0) is 6.92 Å². The average Bonchev–Trinajstić information content (AvgIpc) is 2.08. The van der Waals surface area contributed by atoms with Crippen LogP contribution < -0.4 is 10.0 Å². The highest BCUT2D eigenvalue weighted by atomic mass is 32.2. The molecule has 0 saturated carbocycles. The van der Waals surface area contributed by atoms with Gasteiger partial charge in [0, 0.05) is 6.54 Å². The summed E-state index contributed by atoms with van der Waals surface area (Å²) >= 11 is 0. The minimum Gasteiger partial charge on any atom is -0.480 e. The number of aliphatic carboxylic acids is 1. The molecule has 0 aliphatic carbocycles. The Hall–Kier alpha value is -1.61. The lowest BCUT2D eigenvalue weighted by atomic mass is 10.3. The number of amides is 1.